The lowest BCUT2D eigenvalue weighted by Gasteiger charge is -2.22. The van der Waals surface area contributed by atoms with Crippen LogP contribution in [0.25, 0.3) is 0 Å². The SMILES string of the molecule is COC(=O)C1CCC(=O)N1CCCCCCC(=O)OC(C)(C)C. The van der Waals surface area contributed by atoms with Gasteiger partial charge in [0, 0.05) is 19.4 Å². The minimum absolute atomic E-state index is 0.0224. The third-order valence-corrected chi connectivity index (χ3v) is 3.75. The lowest BCUT2D eigenvalue weighted by molar-refractivity contribution is -0.155. The first kappa shape index (κ1) is 19.5. The van der Waals surface area contributed by atoms with Crippen LogP contribution in [0.1, 0.15) is 65.7 Å². The Morgan fingerprint density at radius 2 is 1.83 bits per heavy atom. The first-order valence-electron chi connectivity index (χ1n) is 8.34. The molecule has 0 aromatic heterocycles. The van der Waals surface area contributed by atoms with Crippen LogP contribution in [0.3, 0.4) is 0 Å². The number of ether oxygens (including phenoxy) is 2. The molecule has 1 aliphatic heterocycles. The molecule has 0 spiro atoms. The molecule has 23 heavy (non-hydrogen) atoms. The van der Waals surface area contributed by atoms with Gasteiger partial charge in [0.15, 0.2) is 0 Å². The zero-order chi connectivity index (χ0) is 17.5. The number of amides is 1. The van der Waals surface area contributed by atoms with Crippen LogP contribution in [0.15, 0.2) is 0 Å². The van der Waals surface area contributed by atoms with Crippen molar-refractivity contribution in [2.45, 2.75) is 77.4 Å². The van der Waals surface area contributed by atoms with Crippen molar-refractivity contribution in [3.8, 4) is 0 Å². The molecule has 1 atom stereocenters. The van der Waals surface area contributed by atoms with Crippen molar-refractivity contribution in [1.82, 2.24) is 4.90 Å². The Balaban J connectivity index is 2.18. The highest BCUT2D eigenvalue weighted by atomic mass is 16.6. The molecule has 0 aromatic carbocycles. The fourth-order valence-corrected chi connectivity index (χ4v) is 2.69. The molecule has 132 valence electrons. The molecule has 0 bridgehead atoms. The Bertz CT molecular complexity index is 427. The van der Waals surface area contributed by atoms with Gasteiger partial charge >= 0.3 is 11.9 Å². The summed E-state index contributed by atoms with van der Waals surface area (Å²) < 4.78 is 9.99. The standard InChI is InChI=1S/C17H29NO5/c1-17(2,3)23-15(20)9-7-5-6-8-12-18-13(16(21)22-4)10-11-14(18)19/h13H,5-12H2,1-4H3. The van der Waals surface area contributed by atoms with E-state index in [0.717, 1.165) is 25.7 Å². The van der Waals surface area contributed by atoms with E-state index < -0.39 is 11.6 Å². The summed E-state index contributed by atoms with van der Waals surface area (Å²) in [6.45, 7) is 6.14. The smallest absolute Gasteiger partial charge is 0.328 e. The summed E-state index contributed by atoms with van der Waals surface area (Å²) in [5.74, 6) is -0.479. The minimum Gasteiger partial charge on any atom is -0.467 e. The Morgan fingerprint density at radius 1 is 1.17 bits per heavy atom. The zero-order valence-corrected chi connectivity index (χ0v) is 14.7. The average molecular weight is 327 g/mol. The number of methoxy groups -OCH3 is 1. The molecule has 1 unspecified atom stereocenters. The molecule has 1 amide bonds. The summed E-state index contributed by atoms with van der Waals surface area (Å²) in [5.41, 5.74) is -0.434. The fourth-order valence-electron chi connectivity index (χ4n) is 2.69. The lowest BCUT2D eigenvalue weighted by atomic mass is 10.1. The molecule has 1 aliphatic rings. The molecule has 1 rings (SSSR count). The second kappa shape index (κ2) is 8.89. The molecule has 6 nitrogen and oxygen atoms in total. The Hall–Kier alpha value is -1.59. The van der Waals surface area contributed by atoms with E-state index in [1.54, 1.807) is 4.90 Å². The first-order chi connectivity index (χ1) is 10.7. The molecule has 0 radical (unpaired) electrons. The second-order valence-corrected chi connectivity index (χ2v) is 6.92. The van der Waals surface area contributed by atoms with Crippen molar-refractivity contribution in [2.75, 3.05) is 13.7 Å². The van der Waals surface area contributed by atoms with E-state index in [4.69, 9.17) is 9.47 Å². The highest BCUT2D eigenvalue weighted by Gasteiger charge is 2.36. The summed E-state index contributed by atoms with van der Waals surface area (Å²) in [7, 11) is 1.35. The largest absolute Gasteiger partial charge is 0.467 e. The highest BCUT2D eigenvalue weighted by Crippen LogP contribution is 2.21. The molecular formula is C17H29NO5. The number of unbranched alkanes of at least 4 members (excludes halogenated alkanes) is 3. The molecule has 6 heteroatoms. The molecule has 0 saturated carbocycles. The zero-order valence-electron chi connectivity index (χ0n) is 14.7. The van der Waals surface area contributed by atoms with Gasteiger partial charge in [-0.25, -0.2) is 4.79 Å². The number of carbonyl (C=O) groups is 3. The van der Waals surface area contributed by atoms with Crippen LogP contribution in [0.2, 0.25) is 0 Å². The van der Waals surface area contributed by atoms with Gasteiger partial charge in [0.2, 0.25) is 5.91 Å². The number of hydrogen-bond acceptors (Lipinski definition) is 5. The maximum atomic E-state index is 11.8. The number of hydrogen-bond donors (Lipinski definition) is 0. The van der Waals surface area contributed by atoms with E-state index in [1.165, 1.54) is 7.11 Å². The summed E-state index contributed by atoms with van der Waals surface area (Å²) in [6, 6.07) is -0.422. The van der Waals surface area contributed by atoms with Crippen molar-refractivity contribution in [3.05, 3.63) is 0 Å². The van der Waals surface area contributed by atoms with Gasteiger partial charge in [0.25, 0.3) is 0 Å². The fraction of sp³-hybridized carbons (Fsp3) is 0.824. The van der Waals surface area contributed by atoms with Crippen LogP contribution < -0.4 is 0 Å². The minimum atomic E-state index is -0.434. The van der Waals surface area contributed by atoms with E-state index in [2.05, 4.69) is 0 Å². The first-order valence-corrected chi connectivity index (χ1v) is 8.34. The summed E-state index contributed by atoms with van der Waals surface area (Å²) >= 11 is 0. The summed E-state index contributed by atoms with van der Waals surface area (Å²) in [4.78, 5) is 36.6. The van der Waals surface area contributed by atoms with Gasteiger partial charge in [-0.1, -0.05) is 12.8 Å². The quantitative estimate of drug-likeness (QED) is 0.506. The Morgan fingerprint density at radius 3 is 2.43 bits per heavy atom. The van der Waals surface area contributed by atoms with Crippen LogP contribution in [0, 0.1) is 0 Å². The Kier molecular flexibility index (Phi) is 7.52. The number of likely N-dealkylation sites (tertiary alicyclic amines) is 1. The number of carbonyl (C=O) groups excluding carboxylic acids is 3. The van der Waals surface area contributed by atoms with Crippen molar-refractivity contribution in [2.24, 2.45) is 0 Å². The Labute approximate surface area is 138 Å². The molecule has 0 N–H and O–H groups in total. The van der Waals surface area contributed by atoms with Crippen LogP contribution in [-0.2, 0) is 23.9 Å². The molecule has 0 aliphatic carbocycles. The van der Waals surface area contributed by atoms with Crippen LogP contribution in [0.5, 0.6) is 0 Å². The molecule has 1 fully saturated rings. The lowest BCUT2D eigenvalue weighted by Crippen LogP contribution is -2.39. The normalized spacial score (nSPS) is 18.2. The third-order valence-electron chi connectivity index (χ3n) is 3.75. The molecule has 1 saturated heterocycles. The maximum Gasteiger partial charge on any atom is 0.328 e. The molecule has 1 heterocycles. The van der Waals surface area contributed by atoms with Crippen LogP contribution >= 0.6 is 0 Å². The van der Waals surface area contributed by atoms with Crippen molar-refractivity contribution in [1.29, 1.82) is 0 Å². The van der Waals surface area contributed by atoms with Crippen molar-refractivity contribution >= 4 is 17.8 Å². The predicted molar refractivity (Wildman–Crippen MR) is 85.7 cm³/mol. The molecular weight excluding hydrogens is 298 g/mol. The summed E-state index contributed by atoms with van der Waals surface area (Å²) in [6.07, 6.45) is 4.81. The van der Waals surface area contributed by atoms with Gasteiger partial charge in [0.05, 0.1) is 7.11 Å². The van der Waals surface area contributed by atoms with Gasteiger partial charge in [-0.15, -0.1) is 0 Å². The second-order valence-electron chi connectivity index (χ2n) is 6.92. The van der Waals surface area contributed by atoms with Gasteiger partial charge in [0.1, 0.15) is 11.6 Å². The highest BCUT2D eigenvalue weighted by molar-refractivity contribution is 5.88. The van der Waals surface area contributed by atoms with Crippen LogP contribution in [0.4, 0.5) is 0 Å². The van der Waals surface area contributed by atoms with E-state index in [1.807, 2.05) is 20.8 Å². The number of nitrogens with zero attached hydrogens (tertiary/aromatic N) is 1. The summed E-state index contributed by atoms with van der Waals surface area (Å²) in [5, 5.41) is 0. The third kappa shape index (κ3) is 7.01. The van der Waals surface area contributed by atoms with E-state index in [0.29, 0.717) is 25.8 Å². The van der Waals surface area contributed by atoms with E-state index in [-0.39, 0.29) is 17.8 Å². The average Bonchev–Trinajstić information content (AvgIpc) is 2.81. The van der Waals surface area contributed by atoms with Gasteiger partial charge in [-0.2, -0.15) is 0 Å². The number of rotatable bonds is 8. The van der Waals surface area contributed by atoms with E-state index >= 15 is 0 Å². The van der Waals surface area contributed by atoms with Crippen molar-refractivity contribution < 1.29 is 23.9 Å². The van der Waals surface area contributed by atoms with E-state index in [9.17, 15) is 14.4 Å². The molecule has 0 aromatic rings. The van der Waals surface area contributed by atoms with Crippen molar-refractivity contribution in [3.63, 3.8) is 0 Å². The maximum absolute atomic E-state index is 11.8. The van der Waals surface area contributed by atoms with Gasteiger partial charge in [-0.05, 0) is 40.0 Å². The van der Waals surface area contributed by atoms with Gasteiger partial charge in [-0.3, -0.25) is 9.59 Å². The van der Waals surface area contributed by atoms with Crippen LogP contribution in [-0.4, -0.2) is 48.0 Å². The van der Waals surface area contributed by atoms with Gasteiger partial charge < -0.3 is 14.4 Å². The predicted octanol–water partition coefficient (Wildman–Crippen LogP) is 2.44. The monoisotopic (exact) mass is 327 g/mol. The topological polar surface area (TPSA) is 72.9 Å². The number of esters is 2.